The van der Waals surface area contributed by atoms with Crippen LogP contribution in [0.3, 0.4) is 0 Å². The smallest absolute Gasteiger partial charge is 0.127 e. The predicted molar refractivity (Wildman–Crippen MR) is 47.8 cm³/mol. The number of aliphatic hydroxyl groups is 1. The Hall–Kier alpha value is -0.930. The minimum absolute atomic E-state index is 0.0781. The van der Waals surface area contributed by atoms with Crippen molar-refractivity contribution >= 4 is 0 Å². The van der Waals surface area contributed by atoms with Crippen molar-refractivity contribution in [2.75, 3.05) is 6.61 Å². The van der Waals surface area contributed by atoms with E-state index in [9.17, 15) is 4.39 Å². The fourth-order valence-electron chi connectivity index (χ4n) is 1.71. The number of aliphatic hydroxyl groups excluding tert-OH is 1. The number of halogens is 1. The highest BCUT2D eigenvalue weighted by Crippen LogP contribution is 2.19. The molecule has 0 bridgehead atoms. The molecule has 0 aliphatic carbocycles. The SMILES string of the molecule is OC[C@H]1Cc2cccc(F)c2CN1. The Morgan fingerprint density at radius 1 is 1.54 bits per heavy atom. The van der Waals surface area contributed by atoms with Crippen molar-refractivity contribution in [1.29, 1.82) is 0 Å². The standard InChI is InChI=1S/C10H12FNO/c11-10-3-1-2-7-4-8(6-13)12-5-9(7)10/h1-3,8,12-13H,4-6H2/t8-/m1/s1. The number of benzene rings is 1. The van der Waals surface area contributed by atoms with E-state index >= 15 is 0 Å². The second kappa shape index (κ2) is 3.44. The lowest BCUT2D eigenvalue weighted by Crippen LogP contribution is -2.38. The highest BCUT2D eigenvalue weighted by atomic mass is 19.1. The van der Waals surface area contributed by atoms with Gasteiger partial charge in [0.05, 0.1) is 6.61 Å². The van der Waals surface area contributed by atoms with Gasteiger partial charge in [0.15, 0.2) is 0 Å². The maximum absolute atomic E-state index is 13.2. The summed E-state index contributed by atoms with van der Waals surface area (Å²) in [4.78, 5) is 0. The zero-order valence-corrected chi connectivity index (χ0v) is 7.26. The Balaban J connectivity index is 2.31. The minimum atomic E-state index is -0.151. The van der Waals surface area contributed by atoms with Gasteiger partial charge in [-0.3, -0.25) is 0 Å². The predicted octanol–water partition coefficient (Wildman–Crippen LogP) is 0.832. The fraction of sp³-hybridized carbons (Fsp3) is 0.400. The zero-order valence-electron chi connectivity index (χ0n) is 7.26. The Morgan fingerprint density at radius 2 is 2.38 bits per heavy atom. The van der Waals surface area contributed by atoms with E-state index in [4.69, 9.17) is 5.11 Å². The number of rotatable bonds is 1. The molecule has 1 aromatic carbocycles. The van der Waals surface area contributed by atoms with Crippen molar-refractivity contribution in [2.45, 2.75) is 19.0 Å². The van der Waals surface area contributed by atoms with E-state index in [1.54, 1.807) is 6.07 Å². The topological polar surface area (TPSA) is 32.3 Å². The minimum Gasteiger partial charge on any atom is -0.395 e. The molecular formula is C10H12FNO. The van der Waals surface area contributed by atoms with E-state index < -0.39 is 0 Å². The number of hydrogen-bond acceptors (Lipinski definition) is 2. The molecule has 0 radical (unpaired) electrons. The molecule has 13 heavy (non-hydrogen) atoms. The maximum Gasteiger partial charge on any atom is 0.127 e. The van der Waals surface area contributed by atoms with Crippen LogP contribution in [0.5, 0.6) is 0 Å². The summed E-state index contributed by atoms with van der Waals surface area (Å²) in [5.41, 5.74) is 1.75. The summed E-state index contributed by atoms with van der Waals surface area (Å²) in [6.45, 7) is 0.628. The highest BCUT2D eigenvalue weighted by molar-refractivity contribution is 5.31. The molecule has 0 unspecified atom stereocenters. The van der Waals surface area contributed by atoms with Crippen LogP contribution < -0.4 is 5.32 Å². The van der Waals surface area contributed by atoms with E-state index in [1.165, 1.54) is 6.07 Å². The molecule has 0 aromatic heterocycles. The average molecular weight is 181 g/mol. The Morgan fingerprint density at radius 3 is 3.15 bits per heavy atom. The molecule has 2 N–H and O–H groups in total. The molecule has 0 spiro atoms. The Kier molecular flexibility index (Phi) is 2.29. The van der Waals surface area contributed by atoms with E-state index in [-0.39, 0.29) is 18.5 Å². The quantitative estimate of drug-likeness (QED) is 0.672. The second-order valence-corrected chi connectivity index (χ2v) is 3.34. The molecule has 3 heteroatoms. The van der Waals surface area contributed by atoms with Gasteiger partial charge < -0.3 is 10.4 Å². The van der Waals surface area contributed by atoms with Gasteiger partial charge >= 0.3 is 0 Å². The Bertz CT molecular complexity index is 314. The van der Waals surface area contributed by atoms with Gasteiger partial charge in [-0.25, -0.2) is 4.39 Å². The van der Waals surface area contributed by atoms with Crippen LogP contribution >= 0.6 is 0 Å². The van der Waals surface area contributed by atoms with Gasteiger partial charge in [-0.15, -0.1) is 0 Å². The largest absolute Gasteiger partial charge is 0.395 e. The van der Waals surface area contributed by atoms with Gasteiger partial charge in [-0.05, 0) is 18.1 Å². The van der Waals surface area contributed by atoms with Crippen LogP contribution in [0.1, 0.15) is 11.1 Å². The summed E-state index contributed by atoms with van der Waals surface area (Å²) in [5, 5.41) is 12.0. The van der Waals surface area contributed by atoms with Crippen LogP contribution in [0.2, 0.25) is 0 Å². The summed E-state index contributed by atoms with van der Waals surface area (Å²) in [7, 11) is 0. The van der Waals surface area contributed by atoms with E-state index in [0.717, 1.165) is 11.1 Å². The third-order valence-electron chi connectivity index (χ3n) is 2.47. The summed E-state index contributed by atoms with van der Waals surface area (Å²) in [6.07, 6.45) is 0.712. The van der Waals surface area contributed by atoms with Crippen LogP contribution in [0.4, 0.5) is 4.39 Å². The van der Waals surface area contributed by atoms with E-state index in [1.807, 2.05) is 6.07 Å². The monoisotopic (exact) mass is 181 g/mol. The fourth-order valence-corrected chi connectivity index (χ4v) is 1.71. The lowest BCUT2D eigenvalue weighted by Gasteiger charge is -2.24. The molecule has 0 fully saturated rings. The normalized spacial score (nSPS) is 21.2. The van der Waals surface area contributed by atoms with Gasteiger partial charge in [0, 0.05) is 18.2 Å². The highest BCUT2D eigenvalue weighted by Gasteiger charge is 2.18. The first-order valence-corrected chi connectivity index (χ1v) is 4.42. The van der Waals surface area contributed by atoms with E-state index in [2.05, 4.69) is 5.32 Å². The van der Waals surface area contributed by atoms with Gasteiger partial charge in [0.2, 0.25) is 0 Å². The van der Waals surface area contributed by atoms with Crippen LogP contribution in [0, 0.1) is 5.82 Å². The van der Waals surface area contributed by atoms with Crippen LogP contribution in [-0.4, -0.2) is 17.8 Å². The van der Waals surface area contributed by atoms with E-state index in [0.29, 0.717) is 13.0 Å². The van der Waals surface area contributed by atoms with Crippen molar-refractivity contribution in [3.63, 3.8) is 0 Å². The van der Waals surface area contributed by atoms with Crippen LogP contribution in [0.25, 0.3) is 0 Å². The zero-order chi connectivity index (χ0) is 9.26. The molecule has 0 amide bonds. The summed E-state index contributed by atoms with van der Waals surface area (Å²) < 4.78 is 13.2. The number of nitrogens with one attached hydrogen (secondary N) is 1. The van der Waals surface area contributed by atoms with Crippen molar-refractivity contribution in [1.82, 2.24) is 5.32 Å². The molecule has 70 valence electrons. The molecule has 2 nitrogen and oxygen atoms in total. The van der Waals surface area contributed by atoms with Crippen molar-refractivity contribution in [2.24, 2.45) is 0 Å². The van der Waals surface area contributed by atoms with Gasteiger partial charge in [-0.1, -0.05) is 12.1 Å². The third kappa shape index (κ3) is 1.57. The van der Waals surface area contributed by atoms with Crippen LogP contribution in [0.15, 0.2) is 18.2 Å². The lowest BCUT2D eigenvalue weighted by atomic mass is 9.96. The number of hydrogen-bond donors (Lipinski definition) is 2. The first-order valence-electron chi connectivity index (χ1n) is 4.42. The van der Waals surface area contributed by atoms with Gasteiger partial charge in [0.25, 0.3) is 0 Å². The first-order chi connectivity index (χ1) is 6.31. The second-order valence-electron chi connectivity index (χ2n) is 3.34. The van der Waals surface area contributed by atoms with Gasteiger partial charge in [-0.2, -0.15) is 0 Å². The lowest BCUT2D eigenvalue weighted by molar-refractivity contribution is 0.235. The summed E-state index contributed by atoms with van der Waals surface area (Å²) in [5.74, 6) is -0.151. The average Bonchev–Trinajstić information content (AvgIpc) is 2.18. The molecule has 0 saturated heterocycles. The molecular weight excluding hydrogens is 169 g/mol. The van der Waals surface area contributed by atoms with Crippen molar-refractivity contribution in [3.05, 3.63) is 35.1 Å². The molecule has 1 atom stereocenters. The molecule has 1 aliphatic rings. The van der Waals surface area contributed by atoms with Gasteiger partial charge in [0.1, 0.15) is 5.82 Å². The van der Waals surface area contributed by atoms with Crippen molar-refractivity contribution in [3.8, 4) is 0 Å². The molecule has 1 aliphatic heterocycles. The van der Waals surface area contributed by atoms with Crippen molar-refractivity contribution < 1.29 is 9.50 Å². The van der Waals surface area contributed by atoms with Crippen LogP contribution in [-0.2, 0) is 13.0 Å². The molecule has 0 saturated carbocycles. The number of fused-ring (bicyclic) bond motifs is 1. The molecule has 1 heterocycles. The summed E-state index contributed by atoms with van der Waals surface area (Å²) >= 11 is 0. The molecule has 1 aromatic rings. The Labute approximate surface area is 76.4 Å². The third-order valence-corrected chi connectivity index (χ3v) is 2.47. The summed E-state index contributed by atoms with van der Waals surface area (Å²) in [6, 6.07) is 5.18. The molecule has 2 rings (SSSR count). The maximum atomic E-state index is 13.2. The first kappa shape index (κ1) is 8.66.